The van der Waals surface area contributed by atoms with Gasteiger partial charge >= 0.3 is 5.97 Å². The molecule has 1 aromatic heterocycles. The number of carboxylic acid groups (broad SMARTS) is 1. The fourth-order valence-electron chi connectivity index (χ4n) is 2.18. The van der Waals surface area contributed by atoms with Crippen LogP contribution in [0.5, 0.6) is 0 Å². The second-order valence-corrected chi connectivity index (χ2v) is 7.31. The van der Waals surface area contributed by atoms with Gasteiger partial charge in [-0.1, -0.05) is 12.1 Å². The lowest BCUT2D eigenvalue weighted by Crippen LogP contribution is -2.25. The quantitative estimate of drug-likeness (QED) is 0.705. The van der Waals surface area contributed by atoms with Crippen LogP contribution in [0.1, 0.15) is 28.8 Å². The molecule has 2 aromatic rings. The van der Waals surface area contributed by atoms with Crippen molar-refractivity contribution in [2.75, 3.05) is 5.32 Å². The first-order chi connectivity index (χ1) is 11.5. The van der Waals surface area contributed by atoms with E-state index < -0.39 is 16.0 Å². The highest BCUT2D eigenvalue weighted by atomic mass is 32.2. The molecule has 7 nitrogen and oxygen atoms in total. The Morgan fingerprint density at radius 3 is 2.54 bits per heavy atom. The molecule has 0 radical (unpaired) electrons. The molecule has 126 valence electrons. The predicted octanol–water partition coefficient (Wildman–Crippen LogP) is 1.83. The average Bonchev–Trinajstić information content (AvgIpc) is 3.37. The summed E-state index contributed by atoms with van der Waals surface area (Å²) in [5.74, 6) is -0.782. The molecule has 0 atom stereocenters. The monoisotopic (exact) mass is 347 g/mol. The Kier molecular flexibility index (Phi) is 4.50. The first-order valence-electron chi connectivity index (χ1n) is 7.49. The highest BCUT2D eigenvalue weighted by molar-refractivity contribution is 7.89. The first kappa shape index (κ1) is 16.4. The van der Waals surface area contributed by atoms with E-state index in [4.69, 9.17) is 5.11 Å². The molecule has 0 amide bonds. The average molecular weight is 347 g/mol. The van der Waals surface area contributed by atoms with E-state index in [9.17, 15) is 13.2 Å². The van der Waals surface area contributed by atoms with Crippen LogP contribution in [0.25, 0.3) is 0 Å². The van der Waals surface area contributed by atoms with Crippen LogP contribution in [0.4, 0.5) is 5.82 Å². The standard InChI is InChI=1S/C16H17N3O4S/c20-16(21)14-2-1-9-17-15(14)18-10-11-3-7-13(8-4-11)24(22,23)19-12-5-6-12/h1-4,7-9,12,19H,5-6,10H2,(H,17,18)(H,20,21). The van der Waals surface area contributed by atoms with Crippen molar-refractivity contribution in [2.24, 2.45) is 0 Å². The summed E-state index contributed by atoms with van der Waals surface area (Å²) >= 11 is 0. The number of aromatic nitrogens is 1. The maximum absolute atomic E-state index is 12.1. The summed E-state index contributed by atoms with van der Waals surface area (Å²) in [4.78, 5) is 15.4. The number of rotatable bonds is 7. The first-order valence-corrected chi connectivity index (χ1v) is 8.97. The number of hydrogen-bond acceptors (Lipinski definition) is 5. The van der Waals surface area contributed by atoms with E-state index in [2.05, 4.69) is 15.0 Å². The Morgan fingerprint density at radius 1 is 1.21 bits per heavy atom. The summed E-state index contributed by atoms with van der Waals surface area (Å²) in [6.07, 6.45) is 3.28. The zero-order valence-electron chi connectivity index (χ0n) is 12.8. The van der Waals surface area contributed by atoms with Crippen molar-refractivity contribution < 1.29 is 18.3 Å². The van der Waals surface area contributed by atoms with E-state index in [0.29, 0.717) is 6.54 Å². The van der Waals surface area contributed by atoms with Crippen LogP contribution in [-0.4, -0.2) is 30.5 Å². The van der Waals surface area contributed by atoms with Crippen molar-refractivity contribution in [3.8, 4) is 0 Å². The number of hydrogen-bond donors (Lipinski definition) is 3. The van der Waals surface area contributed by atoms with Crippen LogP contribution in [0.2, 0.25) is 0 Å². The minimum Gasteiger partial charge on any atom is -0.478 e. The van der Waals surface area contributed by atoms with Gasteiger partial charge in [0.1, 0.15) is 11.4 Å². The number of pyridine rings is 1. The number of sulfonamides is 1. The Bertz CT molecular complexity index is 846. The highest BCUT2D eigenvalue weighted by Crippen LogP contribution is 2.22. The molecular formula is C16H17N3O4S. The molecule has 8 heteroatoms. The van der Waals surface area contributed by atoms with Crippen LogP contribution in [0.3, 0.4) is 0 Å². The second-order valence-electron chi connectivity index (χ2n) is 5.60. The summed E-state index contributed by atoms with van der Waals surface area (Å²) in [7, 11) is -3.46. The minimum absolute atomic E-state index is 0.0648. The van der Waals surface area contributed by atoms with Gasteiger partial charge in [0.25, 0.3) is 0 Å². The lowest BCUT2D eigenvalue weighted by atomic mass is 10.2. The topological polar surface area (TPSA) is 108 Å². The second kappa shape index (κ2) is 6.58. The normalized spacial score (nSPS) is 14.3. The van der Waals surface area contributed by atoms with Gasteiger partial charge in [0.2, 0.25) is 10.0 Å². The third-order valence-electron chi connectivity index (χ3n) is 3.63. The van der Waals surface area contributed by atoms with Crippen LogP contribution >= 0.6 is 0 Å². The molecule has 1 aliphatic rings. The van der Waals surface area contributed by atoms with Crippen molar-refractivity contribution in [2.45, 2.75) is 30.3 Å². The van der Waals surface area contributed by atoms with E-state index in [0.717, 1.165) is 18.4 Å². The Balaban J connectivity index is 1.68. The summed E-state index contributed by atoms with van der Waals surface area (Å²) in [5.41, 5.74) is 0.910. The van der Waals surface area contributed by atoms with Gasteiger partial charge in [-0.05, 0) is 42.7 Å². The van der Waals surface area contributed by atoms with Gasteiger partial charge in [-0.3, -0.25) is 0 Å². The molecule has 1 saturated carbocycles. The highest BCUT2D eigenvalue weighted by Gasteiger charge is 2.27. The van der Waals surface area contributed by atoms with Crippen LogP contribution in [0.15, 0.2) is 47.5 Å². The molecule has 0 unspecified atom stereocenters. The minimum atomic E-state index is -3.46. The summed E-state index contributed by atoms with van der Waals surface area (Å²) < 4.78 is 26.8. The van der Waals surface area contributed by atoms with Crippen LogP contribution < -0.4 is 10.0 Å². The van der Waals surface area contributed by atoms with Gasteiger partial charge < -0.3 is 10.4 Å². The van der Waals surface area contributed by atoms with E-state index in [1.54, 1.807) is 18.2 Å². The van der Waals surface area contributed by atoms with E-state index in [1.165, 1.54) is 24.4 Å². The summed E-state index contributed by atoms with van der Waals surface area (Å²) in [6, 6.07) is 9.56. The van der Waals surface area contributed by atoms with Gasteiger partial charge in [0.15, 0.2) is 0 Å². The maximum atomic E-state index is 12.1. The number of nitrogens with one attached hydrogen (secondary N) is 2. The Labute approximate surface area is 139 Å². The van der Waals surface area contributed by atoms with Gasteiger partial charge in [-0.25, -0.2) is 22.9 Å². The Morgan fingerprint density at radius 2 is 1.92 bits per heavy atom. The van der Waals surface area contributed by atoms with Gasteiger partial charge in [-0.15, -0.1) is 0 Å². The fourth-order valence-corrected chi connectivity index (χ4v) is 3.48. The van der Waals surface area contributed by atoms with Crippen molar-refractivity contribution in [3.63, 3.8) is 0 Å². The molecule has 1 aromatic carbocycles. The van der Waals surface area contributed by atoms with Crippen molar-refractivity contribution in [3.05, 3.63) is 53.7 Å². The summed E-state index contributed by atoms with van der Waals surface area (Å²) in [5, 5.41) is 12.1. The molecule has 0 bridgehead atoms. The number of carboxylic acids is 1. The molecule has 3 N–H and O–H groups in total. The number of anilines is 1. The molecule has 0 aliphatic heterocycles. The molecule has 1 heterocycles. The summed E-state index contributed by atoms with van der Waals surface area (Å²) in [6.45, 7) is 0.341. The molecule has 24 heavy (non-hydrogen) atoms. The third kappa shape index (κ3) is 3.90. The van der Waals surface area contributed by atoms with E-state index in [1.807, 2.05) is 0 Å². The van der Waals surface area contributed by atoms with Crippen molar-refractivity contribution in [1.82, 2.24) is 9.71 Å². The third-order valence-corrected chi connectivity index (χ3v) is 5.17. The van der Waals surface area contributed by atoms with Crippen molar-refractivity contribution in [1.29, 1.82) is 0 Å². The molecule has 0 saturated heterocycles. The molecule has 3 rings (SSSR count). The van der Waals surface area contributed by atoms with Gasteiger partial charge in [0.05, 0.1) is 4.90 Å². The Hall–Kier alpha value is -2.45. The lowest BCUT2D eigenvalue weighted by molar-refractivity contribution is 0.0697. The molecule has 1 fully saturated rings. The zero-order valence-corrected chi connectivity index (χ0v) is 13.6. The smallest absolute Gasteiger partial charge is 0.339 e. The fraction of sp³-hybridized carbons (Fsp3) is 0.250. The molecule has 1 aliphatic carbocycles. The van der Waals surface area contributed by atoms with E-state index in [-0.39, 0.29) is 22.3 Å². The number of nitrogens with zero attached hydrogens (tertiary/aromatic N) is 1. The largest absolute Gasteiger partial charge is 0.478 e. The van der Waals surface area contributed by atoms with Gasteiger partial charge in [0, 0.05) is 18.8 Å². The van der Waals surface area contributed by atoms with Crippen molar-refractivity contribution >= 4 is 21.8 Å². The molecular weight excluding hydrogens is 330 g/mol. The number of aromatic carboxylic acids is 1. The van der Waals surface area contributed by atoms with E-state index >= 15 is 0 Å². The van der Waals surface area contributed by atoms with Crippen LogP contribution in [0, 0.1) is 0 Å². The van der Waals surface area contributed by atoms with Gasteiger partial charge in [-0.2, -0.15) is 0 Å². The number of carbonyl (C=O) groups is 1. The molecule has 0 spiro atoms. The maximum Gasteiger partial charge on any atom is 0.339 e. The predicted molar refractivity (Wildman–Crippen MR) is 88.3 cm³/mol. The number of benzene rings is 1. The lowest BCUT2D eigenvalue weighted by Gasteiger charge is -2.09. The van der Waals surface area contributed by atoms with Crippen LogP contribution in [-0.2, 0) is 16.6 Å². The zero-order chi connectivity index (χ0) is 17.2. The SMILES string of the molecule is O=C(O)c1cccnc1NCc1ccc(S(=O)(=O)NC2CC2)cc1.